The van der Waals surface area contributed by atoms with Crippen molar-refractivity contribution < 1.29 is 0 Å². The maximum atomic E-state index is 8.05. The van der Waals surface area contributed by atoms with Crippen molar-refractivity contribution in [3.05, 3.63) is 40.3 Å². The molecule has 0 atom stereocenters. The first-order valence-corrected chi connectivity index (χ1v) is 5.73. The summed E-state index contributed by atoms with van der Waals surface area (Å²) in [5.41, 5.74) is 9.04. The topological polar surface area (TPSA) is 48.8 Å². The fourth-order valence-corrected chi connectivity index (χ4v) is 1.40. The SMILES string of the molecule is CSc1ccc(C#CCCN=[N+]=[N-])cc1. The summed E-state index contributed by atoms with van der Waals surface area (Å²) in [6, 6.07) is 8.07. The highest BCUT2D eigenvalue weighted by Crippen LogP contribution is 2.14. The molecule has 0 bridgehead atoms. The maximum Gasteiger partial charge on any atom is 0.0367 e. The van der Waals surface area contributed by atoms with Crippen molar-refractivity contribution in [3.63, 3.8) is 0 Å². The molecule has 0 heterocycles. The van der Waals surface area contributed by atoms with Gasteiger partial charge in [0.1, 0.15) is 0 Å². The first kappa shape index (κ1) is 11.5. The normalized spacial score (nSPS) is 8.60. The van der Waals surface area contributed by atoms with Crippen molar-refractivity contribution >= 4 is 11.8 Å². The summed E-state index contributed by atoms with van der Waals surface area (Å²) in [7, 11) is 0. The zero-order valence-corrected chi connectivity index (χ0v) is 9.29. The fourth-order valence-electron chi connectivity index (χ4n) is 0.990. The Bertz CT molecular complexity index is 408. The molecule has 0 aliphatic rings. The van der Waals surface area contributed by atoms with E-state index in [1.807, 2.05) is 30.5 Å². The van der Waals surface area contributed by atoms with Crippen molar-refractivity contribution in [2.45, 2.75) is 11.3 Å². The number of azide groups is 1. The molecule has 1 aromatic carbocycles. The van der Waals surface area contributed by atoms with Gasteiger partial charge in [-0.15, -0.1) is 11.8 Å². The summed E-state index contributed by atoms with van der Waals surface area (Å²) >= 11 is 1.71. The lowest BCUT2D eigenvalue weighted by Gasteiger charge is -1.94. The van der Waals surface area contributed by atoms with Gasteiger partial charge in [0.25, 0.3) is 0 Å². The van der Waals surface area contributed by atoms with Crippen molar-refractivity contribution in [2.24, 2.45) is 5.11 Å². The molecule has 0 saturated heterocycles. The fraction of sp³-hybridized carbons (Fsp3) is 0.273. The van der Waals surface area contributed by atoms with Crippen molar-refractivity contribution in [1.29, 1.82) is 0 Å². The Kier molecular flexibility index (Phi) is 5.24. The van der Waals surface area contributed by atoms with Crippen LogP contribution in [0.5, 0.6) is 0 Å². The van der Waals surface area contributed by atoms with Crippen LogP contribution in [-0.2, 0) is 0 Å². The molecular formula is C11H11N3S. The molecule has 76 valence electrons. The lowest BCUT2D eigenvalue weighted by atomic mass is 10.2. The molecule has 0 aromatic heterocycles. The maximum absolute atomic E-state index is 8.05. The summed E-state index contributed by atoms with van der Waals surface area (Å²) in [6.07, 6.45) is 2.65. The van der Waals surface area contributed by atoms with E-state index in [1.54, 1.807) is 11.8 Å². The Morgan fingerprint density at radius 1 is 1.40 bits per heavy atom. The Morgan fingerprint density at radius 3 is 2.73 bits per heavy atom. The van der Waals surface area contributed by atoms with E-state index in [2.05, 4.69) is 21.9 Å². The average molecular weight is 217 g/mol. The van der Waals surface area contributed by atoms with E-state index in [0.717, 1.165) is 5.56 Å². The third-order valence-electron chi connectivity index (χ3n) is 1.72. The molecule has 0 N–H and O–H groups in total. The molecular weight excluding hydrogens is 206 g/mol. The van der Waals surface area contributed by atoms with Gasteiger partial charge in [-0.25, -0.2) is 0 Å². The van der Waals surface area contributed by atoms with Crippen LogP contribution in [0.2, 0.25) is 0 Å². The summed E-state index contributed by atoms with van der Waals surface area (Å²) in [5, 5.41) is 3.41. The lowest BCUT2D eigenvalue weighted by molar-refractivity contribution is 1.01. The lowest BCUT2D eigenvalue weighted by Crippen LogP contribution is -1.76. The molecule has 1 rings (SSSR count). The molecule has 0 radical (unpaired) electrons. The highest BCUT2D eigenvalue weighted by Gasteiger charge is 1.88. The van der Waals surface area contributed by atoms with E-state index in [1.165, 1.54) is 4.90 Å². The van der Waals surface area contributed by atoms with Gasteiger partial charge in [-0.05, 0) is 36.1 Å². The Labute approximate surface area is 93.5 Å². The Hall–Kier alpha value is -1.56. The molecule has 15 heavy (non-hydrogen) atoms. The summed E-state index contributed by atoms with van der Waals surface area (Å²) in [4.78, 5) is 3.89. The van der Waals surface area contributed by atoms with Crippen LogP contribution in [0.1, 0.15) is 12.0 Å². The van der Waals surface area contributed by atoms with Gasteiger partial charge in [0.2, 0.25) is 0 Å². The summed E-state index contributed by atoms with van der Waals surface area (Å²) < 4.78 is 0. The second-order valence-electron chi connectivity index (χ2n) is 2.73. The highest BCUT2D eigenvalue weighted by molar-refractivity contribution is 7.98. The Morgan fingerprint density at radius 2 is 2.13 bits per heavy atom. The van der Waals surface area contributed by atoms with E-state index in [9.17, 15) is 0 Å². The number of nitrogens with zero attached hydrogens (tertiary/aromatic N) is 3. The molecule has 4 heteroatoms. The average Bonchev–Trinajstić information content (AvgIpc) is 2.30. The van der Waals surface area contributed by atoms with Gasteiger partial charge in [0.15, 0.2) is 0 Å². The van der Waals surface area contributed by atoms with Crippen LogP contribution in [0, 0.1) is 11.8 Å². The van der Waals surface area contributed by atoms with Crippen molar-refractivity contribution in [1.82, 2.24) is 0 Å². The van der Waals surface area contributed by atoms with Gasteiger partial charge in [-0.1, -0.05) is 17.0 Å². The van der Waals surface area contributed by atoms with Crippen LogP contribution in [0.3, 0.4) is 0 Å². The van der Waals surface area contributed by atoms with Crippen molar-refractivity contribution in [3.8, 4) is 11.8 Å². The van der Waals surface area contributed by atoms with Gasteiger partial charge in [-0.3, -0.25) is 0 Å². The number of hydrogen-bond acceptors (Lipinski definition) is 2. The Balaban J connectivity index is 2.52. The molecule has 0 fully saturated rings. The molecule has 0 saturated carbocycles. The smallest absolute Gasteiger partial charge is 0.0367 e. The molecule has 0 aliphatic carbocycles. The monoisotopic (exact) mass is 217 g/mol. The van der Waals surface area contributed by atoms with Crippen LogP contribution >= 0.6 is 11.8 Å². The quantitative estimate of drug-likeness (QED) is 0.191. The van der Waals surface area contributed by atoms with Crippen LogP contribution in [0.4, 0.5) is 0 Å². The van der Waals surface area contributed by atoms with E-state index in [0.29, 0.717) is 13.0 Å². The van der Waals surface area contributed by atoms with Gasteiger partial charge in [0, 0.05) is 28.3 Å². The summed E-state index contributed by atoms with van der Waals surface area (Å²) in [5.74, 6) is 5.96. The highest BCUT2D eigenvalue weighted by atomic mass is 32.2. The predicted molar refractivity (Wildman–Crippen MR) is 63.7 cm³/mol. The summed E-state index contributed by atoms with van der Waals surface area (Å²) in [6.45, 7) is 0.437. The van der Waals surface area contributed by atoms with Crippen LogP contribution < -0.4 is 0 Å². The number of hydrogen-bond donors (Lipinski definition) is 0. The van der Waals surface area contributed by atoms with Gasteiger partial charge in [0.05, 0.1) is 0 Å². The molecule has 0 aliphatic heterocycles. The molecule has 0 amide bonds. The van der Waals surface area contributed by atoms with Crippen LogP contribution in [-0.4, -0.2) is 12.8 Å². The third kappa shape index (κ3) is 4.46. The van der Waals surface area contributed by atoms with Crippen LogP contribution in [0.25, 0.3) is 10.4 Å². The van der Waals surface area contributed by atoms with E-state index < -0.39 is 0 Å². The molecule has 3 nitrogen and oxygen atoms in total. The predicted octanol–water partition coefficient (Wildman–Crippen LogP) is 3.46. The molecule has 0 unspecified atom stereocenters. The minimum atomic E-state index is 0.437. The largest absolute Gasteiger partial charge is 0.130 e. The number of rotatable bonds is 3. The second kappa shape index (κ2) is 6.83. The van der Waals surface area contributed by atoms with E-state index >= 15 is 0 Å². The standard InChI is InChI=1S/C11H11N3S/c1-15-11-7-5-10(6-8-11)4-2-3-9-13-14-12/h5-8H,3,9H2,1H3. The van der Waals surface area contributed by atoms with Crippen LogP contribution in [0.15, 0.2) is 34.3 Å². The first-order chi connectivity index (χ1) is 7.36. The van der Waals surface area contributed by atoms with E-state index in [-0.39, 0.29) is 0 Å². The third-order valence-corrected chi connectivity index (χ3v) is 2.47. The molecule has 1 aromatic rings. The van der Waals surface area contributed by atoms with Gasteiger partial charge < -0.3 is 0 Å². The van der Waals surface area contributed by atoms with Gasteiger partial charge in [-0.2, -0.15) is 0 Å². The minimum absolute atomic E-state index is 0.437. The van der Waals surface area contributed by atoms with Crippen molar-refractivity contribution in [2.75, 3.05) is 12.8 Å². The zero-order chi connectivity index (χ0) is 10.9. The van der Waals surface area contributed by atoms with Gasteiger partial charge >= 0.3 is 0 Å². The number of thioether (sulfide) groups is 1. The first-order valence-electron chi connectivity index (χ1n) is 4.50. The molecule has 0 spiro atoms. The minimum Gasteiger partial charge on any atom is -0.130 e. The second-order valence-corrected chi connectivity index (χ2v) is 3.61. The van der Waals surface area contributed by atoms with E-state index in [4.69, 9.17) is 5.53 Å². The zero-order valence-electron chi connectivity index (χ0n) is 8.47. The number of benzene rings is 1.